The van der Waals surface area contributed by atoms with Crippen molar-refractivity contribution in [1.29, 1.82) is 0 Å². The Balaban J connectivity index is 2.30. The Labute approximate surface area is 120 Å². The molecule has 0 radical (unpaired) electrons. The molecule has 20 heavy (non-hydrogen) atoms. The molecule has 2 heteroatoms. The molecular formula is C18H19NO. The number of aryl methyl sites for hydroxylation is 1. The topological polar surface area (TPSA) is 21.6 Å². The Kier molecular flexibility index (Phi) is 2.89. The largest absolute Gasteiger partial charge is 0.454 e. The predicted molar refractivity (Wildman–Crippen MR) is 83.3 cm³/mol. The average molecular weight is 265 g/mol. The van der Waals surface area contributed by atoms with Crippen molar-refractivity contribution in [3.8, 4) is 11.5 Å². The van der Waals surface area contributed by atoms with E-state index in [1.807, 2.05) is 30.3 Å². The zero-order valence-electron chi connectivity index (χ0n) is 12.4. The molecule has 0 atom stereocenters. The summed E-state index contributed by atoms with van der Waals surface area (Å²) in [4.78, 5) is 4.88. The fourth-order valence-electron chi connectivity index (χ4n) is 2.42. The molecular weight excluding hydrogens is 246 g/mol. The average Bonchev–Trinajstić information content (AvgIpc) is 2.54. The van der Waals surface area contributed by atoms with Gasteiger partial charge in [-0.2, -0.15) is 0 Å². The third-order valence-electron chi connectivity index (χ3n) is 3.42. The smallest absolute Gasteiger partial charge is 0.153 e. The molecule has 3 rings (SSSR count). The number of para-hydroxylation sites is 2. The van der Waals surface area contributed by atoms with E-state index in [2.05, 4.69) is 39.8 Å². The lowest BCUT2D eigenvalue weighted by atomic mass is 9.84. The van der Waals surface area contributed by atoms with Crippen LogP contribution < -0.4 is 4.74 Å². The van der Waals surface area contributed by atoms with Crippen LogP contribution in [0.2, 0.25) is 0 Å². The van der Waals surface area contributed by atoms with Gasteiger partial charge >= 0.3 is 0 Å². The van der Waals surface area contributed by atoms with Crippen molar-refractivity contribution in [2.75, 3.05) is 0 Å². The quantitative estimate of drug-likeness (QED) is 0.636. The molecule has 2 nitrogen and oxygen atoms in total. The van der Waals surface area contributed by atoms with E-state index in [4.69, 9.17) is 9.73 Å². The highest BCUT2D eigenvalue weighted by molar-refractivity contribution is 6.08. The monoisotopic (exact) mass is 265 g/mol. The molecule has 0 N–H and O–H groups in total. The van der Waals surface area contributed by atoms with Gasteiger partial charge < -0.3 is 4.74 Å². The van der Waals surface area contributed by atoms with E-state index in [1.54, 1.807) is 0 Å². The Morgan fingerprint density at radius 3 is 2.45 bits per heavy atom. The maximum atomic E-state index is 6.07. The van der Waals surface area contributed by atoms with Crippen LogP contribution in [-0.4, -0.2) is 5.71 Å². The van der Waals surface area contributed by atoms with Gasteiger partial charge in [-0.25, -0.2) is 4.99 Å². The summed E-state index contributed by atoms with van der Waals surface area (Å²) in [6, 6.07) is 14.2. The summed E-state index contributed by atoms with van der Waals surface area (Å²) in [6.07, 6.45) is 0. The second-order valence-electron chi connectivity index (χ2n) is 6.28. The molecule has 2 aromatic rings. The summed E-state index contributed by atoms with van der Waals surface area (Å²) in [5, 5.41) is 0. The van der Waals surface area contributed by atoms with E-state index in [9.17, 15) is 0 Å². The van der Waals surface area contributed by atoms with Crippen LogP contribution in [0.1, 0.15) is 31.9 Å². The number of rotatable bonds is 0. The van der Waals surface area contributed by atoms with Gasteiger partial charge in [-0.15, -0.1) is 0 Å². The van der Waals surface area contributed by atoms with Crippen molar-refractivity contribution in [3.63, 3.8) is 0 Å². The van der Waals surface area contributed by atoms with Crippen LogP contribution in [0.3, 0.4) is 0 Å². The van der Waals surface area contributed by atoms with Gasteiger partial charge in [0, 0.05) is 11.0 Å². The van der Waals surface area contributed by atoms with Crippen LogP contribution in [-0.2, 0) is 0 Å². The van der Waals surface area contributed by atoms with Gasteiger partial charge in [0.1, 0.15) is 11.4 Å². The first kappa shape index (κ1) is 12.9. The lowest BCUT2D eigenvalue weighted by Gasteiger charge is -2.22. The molecule has 1 aliphatic rings. The maximum Gasteiger partial charge on any atom is 0.153 e. The first-order chi connectivity index (χ1) is 9.45. The number of benzene rings is 2. The van der Waals surface area contributed by atoms with Crippen molar-refractivity contribution >= 4 is 11.4 Å². The van der Waals surface area contributed by atoms with E-state index in [1.165, 1.54) is 5.56 Å². The highest BCUT2D eigenvalue weighted by atomic mass is 16.5. The predicted octanol–water partition coefficient (Wildman–Crippen LogP) is 5.27. The minimum absolute atomic E-state index is 0.0383. The normalized spacial score (nSPS) is 13.7. The second kappa shape index (κ2) is 4.48. The highest BCUT2D eigenvalue weighted by Crippen LogP contribution is 2.40. The van der Waals surface area contributed by atoms with Crippen LogP contribution in [0.25, 0.3) is 0 Å². The number of aliphatic imine (C=N–C) groups is 1. The third kappa shape index (κ3) is 2.22. The molecule has 0 unspecified atom stereocenters. The molecule has 0 saturated heterocycles. The Hall–Kier alpha value is -2.09. The van der Waals surface area contributed by atoms with Crippen LogP contribution in [0.5, 0.6) is 11.5 Å². The van der Waals surface area contributed by atoms with Gasteiger partial charge in [-0.3, -0.25) is 0 Å². The molecule has 2 aromatic carbocycles. The van der Waals surface area contributed by atoms with Crippen molar-refractivity contribution < 1.29 is 4.74 Å². The third-order valence-corrected chi connectivity index (χ3v) is 3.42. The van der Waals surface area contributed by atoms with Crippen LogP contribution in [0, 0.1) is 12.3 Å². The molecule has 102 valence electrons. The number of hydrogen-bond donors (Lipinski definition) is 0. The molecule has 1 aliphatic heterocycles. The van der Waals surface area contributed by atoms with Crippen molar-refractivity contribution in [1.82, 2.24) is 0 Å². The fourth-order valence-corrected chi connectivity index (χ4v) is 2.42. The number of hydrogen-bond acceptors (Lipinski definition) is 2. The summed E-state index contributed by atoms with van der Waals surface area (Å²) < 4.78 is 6.07. The van der Waals surface area contributed by atoms with E-state index in [0.29, 0.717) is 0 Å². The number of fused-ring (bicyclic) bond motifs is 2. The molecule has 0 saturated carbocycles. The van der Waals surface area contributed by atoms with Gasteiger partial charge in [0.05, 0.1) is 5.71 Å². The lowest BCUT2D eigenvalue weighted by molar-refractivity contribution is 0.483. The van der Waals surface area contributed by atoms with E-state index < -0.39 is 0 Å². The molecule has 0 bridgehead atoms. The molecule has 1 heterocycles. The molecule has 0 fully saturated rings. The van der Waals surface area contributed by atoms with E-state index in [0.717, 1.165) is 28.5 Å². The zero-order valence-corrected chi connectivity index (χ0v) is 12.4. The molecule has 0 aliphatic carbocycles. The van der Waals surface area contributed by atoms with Gasteiger partial charge in [-0.1, -0.05) is 44.5 Å². The molecule has 0 amide bonds. The summed E-state index contributed by atoms with van der Waals surface area (Å²) >= 11 is 0. The fraction of sp³-hybridized carbons (Fsp3) is 0.278. The van der Waals surface area contributed by atoms with Gasteiger partial charge in [-0.05, 0) is 31.2 Å². The first-order valence-electron chi connectivity index (χ1n) is 6.92. The SMILES string of the molecule is Cc1ccc2c(c1)C(C(C)(C)C)=Nc1ccccc1O2. The Morgan fingerprint density at radius 2 is 1.70 bits per heavy atom. The van der Waals surface area contributed by atoms with Crippen molar-refractivity contribution in [2.24, 2.45) is 10.4 Å². The van der Waals surface area contributed by atoms with Crippen LogP contribution in [0.4, 0.5) is 5.69 Å². The number of nitrogens with zero attached hydrogens (tertiary/aromatic N) is 1. The summed E-state index contributed by atoms with van der Waals surface area (Å²) in [5.74, 6) is 1.70. The summed E-state index contributed by atoms with van der Waals surface area (Å²) in [7, 11) is 0. The lowest BCUT2D eigenvalue weighted by Crippen LogP contribution is -2.21. The molecule has 0 spiro atoms. The second-order valence-corrected chi connectivity index (χ2v) is 6.28. The standard InChI is InChI=1S/C18H19NO/c1-12-9-10-15-13(11-12)17(18(2,3)4)19-14-7-5-6-8-16(14)20-15/h5-11H,1-4H3. The summed E-state index contributed by atoms with van der Waals surface area (Å²) in [5.41, 5.74) is 4.24. The van der Waals surface area contributed by atoms with Gasteiger partial charge in [0.15, 0.2) is 5.75 Å². The number of ether oxygens (including phenoxy) is 1. The Bertz CT molecular complexity index is 693. The van der Waals surface area contributed by atoms with Crippen LogP contribution in [0.15, 0.2) is 47.5 Å². The Morgan fingerprint density at radius 1 is 0.950 bits per heavy atom. The van der Waals surface area contributed by atoms with Crippen molar-refractivity contribution in [3.05, 3.63) is 53.6 Å². The zero-order chi connectivity index (χ0) is 14.3. The van der Waals surface area contributed by atoms with Gasteiger partial charge in [0.25, 0.3) is 0 Å². The first-order valence-corrected chi connectivity index (χ1v) is 6.92. The van der Waals surface area contributed by atoms with Crippen LogP contribution >= 0.6 is 0 Å². The summed E-state index contributed by atoms with van der Waals surface area (Å²) in [6.45, 7) is 8.65. The minimum Gasteiger partial charge on any atom is -0.454 e. The maximum absolute atomic E-state index is 6.07. The highest BCUT2D eigenvalue weighted by Gasteiger charge is 2.27. The van der Waals surface area contributed by atoms with E-state index in [-0.39, 0.29) is 5.41 Å². The minimum atomic E-state index is -0.0383. The van der Waals surface area contributed by atoms with E-state index >= 15 is 0 Å². The molecule has 0 aromatic heterocycles. The van der Waals surface area contributed by atoms with Crippen molar-refractivity contribution in [2.45, 2.75) is 27.7 Å². The van der Waals surface area contributed by atoms with Gasteiger partial charge in [0.2, 0.25) is 0 Å².